The van der Waals surface area contributed by atoms with Crippen LogP contribution in [0.25, 0.3) is 0 Å². The zero-order chi connectivity index (χ0) is 22.4. The first-order chi connectivity index (χ1) is 15.2. The Morgan fingerprint density at radius 1 is 1.19 bits per heavy atom. The van der Waals surface area contributed by atoms with Gasteiger partial charge in [-0.25, -0.2) is 4.98 Å². The molecule has 2 aromatic rings. The molecule has 2 atom stereocenters. The van der Waals surface area contributed by atoms with E-state index >= 15 is 0 Å². The Labute approximate surface area is 182 Å². The second kappa shape index (κ2) is 6.31. The SMILES string of the molecule is Cc1cc2c(cc1Nc1ncc3c(n1)N(C14CC(C1)C(C(F)(F)F)C4)C(O)N3C)OCO2. The van der Waals surface area contributed by atoms with Crippen molar-refractivity contribution in [3.8, 4) is 11.5 Å². The number of nitrogens with zero attached hydrogens (tertiary/aromatic N) is 4. The van der Waals surface area contributed by atoms with E-state index in [1.165, 1.54) is 0 Å². The minimum absolute atomic E-state index is 0.0282. The van der Waals surface area contributed by atoms with E-state index in [4.69, 9.17) is 9.47 Å². The number of aliphatic hydroxyl groups is 1. The molecule has 7 rings (SSSR count). The van der Waals surface area contributed by atoms with Gasteiger partial charge in [0.1, 0.15) is 5.69 Å². The molecule has 2 aliphatic heterocycles. The van der Waals surface area contributed by atoms with Gasteiger partial charge in [0.2, 0.25) is 19.1 Å². The van der Waals surface area contributed by atoms with Crippen molar-refractivity contribution in [2.45, 2.75) is 44.3 Å². The highest BCUT2D eigenvalue weighted by atomic mass is 19.4. The third-order valence-electron chi connectivity index (χ3n) is 7.29. The number of hydrogen-bond donors (Lipinski definition) is 2. The maximum Gasteiger partial charge on any atom is 0.392 e. The molecule has 3 aliphatic carbocycles. The molecule has 0 spiro atoms. The van der Waals surface area contributed by atoms with Gasteiger partial charge in [-0.15, -0.1) is 0 Å². The number of anilines is 4. The van der Waals surface area contributed by atoms with Gasteiger partial charge in [-0.2, -0.15) is 18.2 Å². The second-order valence-corrected chi connectivity index (χ2v) is 9.12. The molecule has 3 heterocycles. The van der Waals surface area contributed by atoms with Gasteiger partial charge >= 0.3 is 6.18 Å². The van der Waals surface area contributed by atoms with Crippen LogP contribution in [0.2, 0.25) is 0 Å². The standard InChI is InChI=1S/C21H22F3N5O3/c1-10-3-15-16(32-9-31-15)4-13(10)26-18-25-8-14-17(27-18)29(19(30)28(14)2)20-5-11(6-20)12(7-20)21(22,23)24/h3-4,8,11-12,19,30H,5-7,9H2,1-2H3,(H,25,26,27). The van der Waals surface area contributed by atoms with Crippen molar-refractivity contribution in [1.82, 2.24) is 9.97 Å². The van der Waals surface area contributed by atoms with Crippen molar-refractivity contribution in [2.75, 3.05) is 29.0 Å². The van der Waals surface area contributed by atoms with Crippen LogP contribution < -0.4 is 24.6 Å². The van der Waals surface area contributed by atoms with Gasteiger partial charge in [0.05, 0.1) is 12.1 Å². The number of aromatic nitrogens is 2. The summed E-state index contributed by atoms with van der Waals surface area (Å²) >= 11 is 0. The average molecular weight is 449 g/mol. The summed E-state index contributed by atoms with van der Waals surface area (Å²) < 4.78 is 51.2. The number of fused-ring (bicyclic) bond motifs is 3. The van der Waals surface area contributed by atoms with Crippen molar-refractivity contribution in [3.63, 3.8) is 0 Å². The number of aryl methyl sites for hydroxylation is 1. The molecule has 2 N–H and O–H groups in total. The summed E-state index contributed by atoms with van der Waals surface area (Å²) in [5, 5.41) is 14.1. The smallest absolute Gasteiger partial charge is 0.392 e. The third kappa shape index (κ3) is 2.66. The number of nitrogens with one attached hydrogen (secondary N) is 1. The van der Waals surface area contributed by atoms with Crippen molar-refractivity contribution < 1.29 is 27.8 Å². The molecule has 11 heteroatoms. The predicted octanol–water partition coefficient (Wildman–Crippen LogP) is 3.52. The Kier molecular flexibility index (Phi) is 3.88. The quantitative estimate of drug-likeness (QED) is 0.737. The molecular weight excluding hydrogens is 427 g/mol. The highest BCUT2D eigenvalue weighted by Gasteiger charge is 2.68. The van der Waals surface area contributed by atoms with Gasteiger partial charge in [-0.05, 0) is 43.7 Å². The Morgan fingerprint density at radius 2 is 1.91 bits per heavy atom. The van der Waals surface area contributed by atoms with Crippen LogP contribution >= 0.6 is 0 Å². The van der Waals surface area contributed by atoms with Gasteiger partial charge in [-0.1, -0.05) is 0 Å². The number of ether oxygens (including phenoxy) is 2. The zero-order valence-corrected chi connectivity index (χ0v) is 17.5. The molecule has 32 heavy (non-hydrogen) atoms. The van der Waals surface area contributed by atoms with Crippen molar-refractivity contribution >= 4 is 23.1 Å². The molecule has 5 aliphatic rings. The lowest BCUT2D eigenvalue weighted by molar-refractivity contribution is -0.180. The molecule has 0 radical (unpaired) electrons. The van der Waals surface area contributed by atoms with Crippen LogP contribution in [-0.4, -0.2) is 47.0 Å². The number of aliphatic hydroxyl groups excluding tert-OH is 1. The molecule has 1 aromatic heterocycles. The van der Waals surface area contributed by atoms with Crippen LogP contribution in [0.4, 0.5) is 36.3 Å². The zero-order valence-electron chi connectivity index (χ0n) is 17.5. The lowest BCUT2D eigenvalue weighted by Crippen LogP contribution is -2.58. The van der Waals surface area contributed by atoms with Gasteiger partial charge in [0.25, 0.3) is 0 Å². The van der Waals surface area contributed by atoms with Gasteiger partial charge < -0.3 is 29.7 Å². The first-order valence-electron chi connectivity index (χ1n) is 10.5. The topological polar surface area (TPSA) is 83.0 Å². The van der Waals surface area contributed by atoms with Crippen LogP contribution in [0.15, 0.2) is 18.3 Å². The molecule has 8 nitrogen and oxygen atoms in total. The van der Waals surface area contributed by atoms with Crippen LogP contribution in [-0.2, 0) is 0 Å². The maximum absolute atomic E-state index is 13.5. The maximum atomic E-state index is 13.5. The van der Waals surface area contributed by atoms with Gasteiger partial charge in [0.15, 0.2) is 17.3 Å². The van der Waals surface area contributed by atoms with E-state index in [0.29, 0.717) is 35.8 Å². The molecule has 2 unspecified atom stereocenters. The summed E-state index contributed by atoms with van der Waals surface area (Å²) in [6.45, 7) is 2.07. The highest BCUT2D eigenvalue weighted by Crippen LogP contribution is 2.64. The van der Waals surface area contributed by atoms with Crippen LogP contribution in [0.3, 0.4) is 0 Å². The van der Waals surface area contributed by atoms with E-state index < -0.39 is 29.9 Å². The van der Waals surface area contributed by atoms with E-state index in [-0.39, 0.29) is 19.2 Å². The summed E-state index contributed by atoms with van der Waals surface area (Å²) in [5.74, 6) is 0.276. The largest absolute Gasteiger partial charge is 0.454 e. The summed E-state index contributed by atoms with van der Waals surface area (Å²) in [6.07, 6.45) is -2.96. The Morgan fingerprint density at radius 3 is 2.59 bits per heavy atom. The molecule has 1 aromatic carbocycles. The first kappa shape index (κ1) is 19.7. The molecule has 3 saturated carbocycles. The van der Waals surface area contributed by atoms with Crippen LogP contribution in [0.5, 0.6) is 11.5 Å². The summed E-state index contributed by atoms with van der Waals surface area (Å²) in [4.78, 5) is 12.2. The van der Waals surface area contributed by atoms with Crippen molar-refractivity contribution in [2.24, 2.45) is 11.8 Å². The first-order valence-corrected chi connectivity index (χ1v) is 10.5. The fraction of sp³-hybridized carbons (Fsp3) is 0.524. The van der Waals surface area contributed by atoms with E-state index in [1.54, 1.807) is 29.1 Å². The lowest BCUT2D eigenvalue weighted by Gasteiger charge is -2.48. The molecule has 0 amide bonds. The number of halogens is 3. The van der Waals surface area contributed by atoms with E-state index in [1.807, 2.05) is 13.0 Å². The highest BCUT2D eigenvalue weighted by molar-refractivity contribution is 5.76. The van der Waals surface area contributed by atoms with Gasteiger partial charge in [-0.3, -0.25) is 0 Å². The normalized spacial score (nSPS) is 29.9. The Hall–Kier alpha value is -2.95. The average Bonchev–Trinajstić information content (AvgIpc) is 3.44. The van der Waals surface area contributed by atoms with E-state index in [0.717, 1.165) is 11.3 Å². The van der Waals surface area contributed by atoms with Crippen LogP contribution in [0, 0.1) is 18.8 Å². The molecule has 3 fully saturated rings. The predicted molar refractivity (Wildman–Crippen MR) is 109 cm³/mol. The summed E-state index contributed by atoms with van der Waals surface area (Å²) in [6, 6.07) is 3.65. The van der Waals surface area contributed by atoms with Crippen molar-refractivity contribution in [3.05, 3.63) is 23.9 Å². The number of rotatable bonds is 3. The van der Waals surface area contributed by atoms with Crippen molar-refractivity contribution in [1.29, 1.82) is 0 Å². The van der Waals surface area contributed by atoms with Gasteiger partial charge in [0, 0.05) is 24.3 Å². The third-order valence-corrected chi connectivity index (χ3v) is 7.29. The summed E-state index contributed by atoms with van der Waals surface area (Å²) in [7, 11) is 1.69. The summed E-state index contributed by atoms with van der Waals surface area (Å²) in [5.41, 5.74) is 1.47. The lowest BCUT2D eigenvalue weighted by atomic mass is 9.75. The number of alkyl halides is 3. The number of benzene rings is 1. The Balaban J connectivity index is 1.33. The molecule has 0 saturated heterocycles. The minimum atomic E-state index is -4.22. The molecule has 2 bridgehead atoms. The monoisotopic (exact) mass is 449 g/mol. The molecule has 170 valence electrons. The minimum Gasteiger partial charge on any atom is -0.454 e. The molecular formula is C21H22F3N5O3. The van der Waals surface area contributed by atoms with Crippen LogP contribution in [0.1, 0.15) is 24.8 Å². The van der Waals surface area contributed by atoms with E-state index in [9.17, 15) is 18.3 Å². The number of hydrogen-bond acceptors (Lipinski definition) is 8. The fourth-order valence-electron chi connectivity index (χ4n) is 5.65. The Bertz CT molecular complexity index is 1100. The fourth-order valence-corrected chi connectivity index (χ4v) is 5.65. The van der Waals surface area contributed by atoms with E-state index in [2.05, 4.69) is 15.3 Å². The second-order valence-electron chi connectivity index (χ2n) is 9.12.